The van der Waals surface area contributed by atoms with Crippen LogP contribution in [0.3, 0.4) is 0 Å². The molecule has 2 amide bonds. The van der Waals surface area contributed by atoms with Crippen LogP contribution >= 0.6 is 0 Å². The first-order chi connectivity index (χ1) is 15.7. The Morgan fingerprint density at radius 3 is 2.12 bits per heavy atom. The minimum absolute atomic E-state index is 0.0808. The maximum Gasteiger partial charge on any atom is 0.251 e. The summed E-state index contributed by atoms with van der Waals surface area (Å²) in [5.41, 5.74) is 2.68. The van der Waals surface area contributed by atoms with Gasteiger partial charge in [-0.1, -0.05) is 85.0 Å². The van der Waals surface area contributed by atoms with Crippen molar-refractivity contribution in [3.63, 3.8) is 0 Å². The van der Waals surface area contributed by atoms with Gasteiger partial charge in [0.15, 0.2) is 0 Å². The number of carbonyl (C=O) groups is 2. The highest BCUT2D eigenvalue weighted by molar-refractivity contribution is 6.03. The summed E-state index contributed by atoms with van der Waals surface area (Å²) in [6.07, 6.45) is 8.65. The smallest absolute Gasteiger partial charge is 0.251 e. The van der Waals surface area contributed by atoms with E-state index in [1.54, 1.807) is 4.90 Å². The Labute approximate surface area is 195 Å². The normalized spacial score (nSPS) is 26.5. The molecular weight excluding hydrogens is 408 g/mol. The highest BCUT2D eigenvalue weighted by Gasteiger charge is 2.58. The molecule has 0 fully saturated rings. The van der Waals surface area contributed by atoms with E-state index in [1.165, 1.54) is 5.56 Å². The zero-order valence-corrected chi connectivity index (χ0v) is 19.6. The molecule has 2 aromatic rings. The number of allylic oxidation sites excluding steroid dienone is 2. The van der Waals surface area contributed by atoms with Crippen LogP contribution in [0.2, 0.25) is 0 Å². The highest BCUT2D eigenvalue weighted by Crippen LogP contribution is 2.57. The Morgan fingerprint density at radius 2 is 1.55 bits per heavy atom. The molecule has 2 atom stereocenters. The fourth-order valence-electron chi connectivity index (χ4n) is 5.64. The van der Waals surface area contributed by atoms with E-state index in [0.717, 1.165) is 16.7 Å². The van der Waals surface area contributed by atoms with Gasteiger partial charge in [-0.15, -0.1) is 0 Å². The monoisotopic (exact) mass is 438 g/mol. The molecule has 0 radical (unpaired) electrons. The Bertz CT molecular complexity index is 1170. The molecule has 1 aliphatic heterocycles. The summed E-state index contributed by atoms with van der Waals surface area (Å²) in [7, 11) is 0. The predicted molar refractivity (Wildman–Crippen MR) is 130 cm³/mol. The van der Waals surface area contributed by atoms with Crippen LogP contribution in [0.1, 0.15) is 50.8 Å². The fraction of sp³-hybridized carbons (Fsp3) is 0.310. The molecular formula is C29H30N2O2. The Kier molecular flexibility index (Phi) is 4.93. The quantitative estimate of drug-likeness (QED) is 0.677. The van der Waals surface area contributed by atoms with Crippen LogP contribution in [0.5, 0.6) is 0 Å². The zero-order valence-electron chi connectivity index (χ0n) is 19.6. The average molecular weight is 439 g/mol. The molecule has 0 saturated carbocycles. The minimum Gasteiger partial charge on any atom is -0.349 e. The number of nitrogens with zero attached hydrogens (tertiary/aromatic N) is 1. The summed E-state index contributed by atoms with van der Waals surface area (Å²) < 4.78 is 0. The second-order valence-corrected chi connectivity index (χ2v) is 10.3. The molecule has 2 aromatic carbocycles. The molecule has 4 heteroatoms. The lowest BCUT2D eigenvalue weighted by Crippen LogP contribution is -2.56. The first-order valence-electron chi connectivity index (χ1n) is 11.6. The van der Waals surface area contributed by atoms with Gasteiger partial charge in [-0.2, -0.15) is 0 Å². The van der Waals surface area contributed by atoms with E-state index in [9.17, 15) is 9.59 Å². The van der Waals surface area contributed by atoms with Crippen molar-refractivity contribution >= 4 is 11.8 Å². The maximum absolute atomic E-state index is 13.9. The van der Waals surface area contributed by atoms with E-state index in [-0.39, 0.29) is 23.7 Å². The van der Waals surface area contributed by atoms with Crippen molar-refractivity contribution in [3.05, 3.63) is 107 Å². The van der Waals surface area contributed by atoms with Crippen LogP contribution in [-0.4, -0.2) is 27.8 Å². The number of amides is 2. The molecule has 2 bridgehead atoms. The van der Waals surface area contributed by atoms with Gasteiger partial charge < -0.3 is 10.2 Å². The van der Waals surface area contributed by atoms with Crippen LogP contribution in [-0.2, 0) is 9.59 Å². The molecule has 33 heavy (non-hydrogen) atoms. The molecule has 3 aliphatic carbocycles. The van der Waals surface area contributed by atoms with Crippen molar-refractivity contribution in [1.29, 1.82) is 0 Å². The van der Waals surface area contributed by atoms with Crippen LogP contribution < -0.4 is 5.32 Å². The molecule has 1 N–H and O–H groups in total. The third-order valence-electron chi connectivity index (χ3n) is 6.89. The van der Waals surface area contributed by atoms with Gasteiger partial charge in [-0.05, 0) is 44.4 Å². The average Bonchev–Trinajstić information content (AvgIpc) is 3.02. The van der Waals surface area contributed by atoms with Gasteiger partial charge in [-0.3, -0.25) is 9.59 Å². The summed E-state index contributed by atoms with van der Waals surface area (Å²) in [6, 6.07) is 19.3. The van der Waals surface area contributed by atoms with Gasteiger partial charge in [0, 0.05) is 22.9 Å². The first-order valence-corrected chi connectivity index (χ1v) is 11.6. The van der Waals surface area contributed by atoms with E-state index in [1.807, 2.05) is 76.2 Å². The summed E-state index contributed by atoms with van der Waals surface area (Å²) in [5, 5.41) is 3.12. The molecule has 4 aliphatic rings. The van der Waals surface area contributed by atoms with Crippen LogP contribution in [0.15, 0.2) is 96.1 Å². The lowest BCUT2D eigenvalue weighted by Gasteiger charge is -2.49. The van der Waals surface area contributed by atoms with Crippen LogP contribution in [0.4, 0.5) is 0 Å². The van der Waals surface area contributed by atoms with Crippen molar-refractivity contribution in [2.75, 3.05) is 0 Å². The number of nitrogens with one attached hydrogen (secondary N) is 1. The van der Waals surface area contributed by atoms with Crippen molar-refractivity contribution in [1.82, 2.24) is 10.2 Å². The molecule has 168 valence electrons. The standard InChI is InChI=1S/C29H30N2O2/c1-19-24-23(20-11-7-5-8-12-20)21-15-17-29(24,18-16-21)31(27(19)33)25(22-13-9-6-10-14-22)26(32)30-28(2,3)4/h5-18,21,23,25H,1-4H3,(H,30,32). The Morgan fingerprint density at radius 1 is 0.970 bits per heavy atom. The van der Waals surface area contributed by atoms with Crippen molar-refractivity contribution < 1.29 is 9.59 Å². The summed E-state index contributed by atoms with van der Waals surface area (Å²) >= 11 is 0. The third kappa shape index (κ3) is 3.36. The maximum atomic E-state index is 13.9. The van der Waals surface area contributed by atoms with Crippen LogP contribution in [0, 0.1) is 5.92 Å². The fourth-order valence-corrected chi connectivity index (χ4v) is 5.64. The second-order valence-electron chi connectivity index (χ2n) is 10.3. The molecule has 1 heterocycles. The molecule has 0 saturated heterocycles. The zero-order chi connectivity index (χ0) is 23.4. The number of carbonyl (C=O) groups excluding carboxylic acids is 2. The first kappa shape index (κ1) is 21.4. The van der Waals surface area contributed by atoms with E-state index < -0.39 is 17.1 Å². The Hall–Kier alpha value is -3.40. The highest BCUT2D eigenvalue weighted by atomic mass is 16.2. The van der Waals surface area contributed by atoms with Crippen LogP contribution in [0.25, 0.3) is 0 Å². The van der Waals surface area contributed by atoms with Crippen molar-refractivity contribution in [3.8, 4) is 0 Å². The Balaban J connectivity index is 1.67. The SMILES string of the molecule is CC1=C2C(c3ccccc3)C3C=CC2(C=C3)N(C(C(=O)NC(C)(C)C)c2ccccc2)C1=O. The second kappa shape index (κ2) is 7.58. The van der Waals surface area contributed by atoms with E-state index in [2.05, 4.69) is 41.8 Å². The van der Waals surface area contributed by atoms with E-state index in [4.69, 9.17) is 0 Å². The van der Waals surface area contributed by atoms with Crippen molar-refractivity contribution in [2.24, 2.45) is 5.92 Å². The molecule has 4 nitrogen and oxygen atoms in total. The summed E-state index contributed by atoms with van der Waals surface area (Å²) in [5.74, 6) is 0.0275. The predicted octanol–water partition coefficient (Wildman–Crippen LogP) is 5.08. The summed E-state index contributed by atoms with van der Waals surface area (Å²) in [4.78, 5) is 29.5. The number of rotatable bonds is 4. The van der Waals surface area contributed by atoms with Gasteiger partial charge in [0.05, 0.1) is 0 Å². The summed E-state index contributed by atoms with van der Waals surface area (Å²) in [6.45, 7) is 7.80. The van der Waals surface area contributed by atoms with Gasteiger partial charge in [0.2, 0.25) is 5.91 Å². The number of hydrogen-bond donors (Lipinski definition) is 1. The van der Waals surface area contributed by atoms with Gasteiger partial charge >= 0.3 is 0 Å². The van der Waals surface area contributed by atoms with E-state index >= 15 is 0 Å². The lowest BCUT2D eigenvalue weighted by atomic mass is 9.63. The van der Waals surface area contributed by atoms with E-state index in [0.29, 0.717) is 0 Å². The largest absolute Gasteiger partial charge is 0.349 e. The van der Waals surface area contributed by atoms with Gasteiger partial charge in [0.1, 0.15) is 11.6 Å². The number of hydrogen-bond acceptors (Lipinski definition) is 2. The molecule has 1 spiro atoms. The number of benzene rings is 2. The third-order valence-corrected chi connectivity index (χ3v) is 6.89. The minimum atomic E-state index is -0.745. The van der Waals surface area contributed by atoms with Gasteiger partial charge in [0.25, 0.3) is 5.91 Å². The van der Waals surface area contributed by atoms with Gasteiger partial charge in [-0.25, -0.2) is 0 Å². The molecule has 6 rings (SSSR count). The topological polar surface area (TPSA) is 49.4 Å². The van der Waals surface area contributed by atoms with Crippen molar-refractivity contribution in [2.45, 2.75) is 50.7 Å². The molecule has 0 aromatic heterocycles. The molecule has 2 unspecified atom stereocenters. The lowest BCUT2D eigenvalue weighted by molar-refractivity contribution is -0.140.